The van der Waals surface area contributed by atoms with Crippen LogP contribution in [-0.4, -0.2) is 19.7 Å². The van der Waals surface area contributed by atoms with Gasteiger partial charge in [0, 0.05) is 17.8 Å². The molecule has 0 spiro atoms. The maximum atomic E-state index is 5.48. The van der Waals surface area contributed by atoms with E-state index in [-0.39, 0.29) is 0 Å². The monoisotopic (exact) mass is 266 g/mol. The second-order valence-electron chi connectivity index (χ2n) is 4.35. The van der Waals surface area contributed by atoms with Crippen LogP contribution in [0, 0.1) is 6.92 Å². The van der Waals surface area contributed by atoms with Crippen molar-refractivity contribution in [3.05, 3.63) is 54.4 Å². The zero-order valence-corrected chi connectivity index (χ0v) is 11.0. The van der Waals surface area contributed by atoms with E-state index in [4.69, 9.17) is 5.84 Å². The molecule has 2 heterocycles. The Balaban J connectivity index is 2.12. The first-order valence-corrected chi connectivity index (χ1v) is 6.20. The highest BCUT2D eigenvalue weighted by Gasteiger charge is 2.08. The highest BCUT2D eigenvalue weighted by atomic mass is 15.3. The van der Waals surface area contributed by atoms with Gasteiger partial charge in [-0.15, -0.1) is 0 Å². The molecule has 0 aliphatic heterocycles. The van der Waals surface area contributed by atoms with Gasteiger partial charge < -0.3 is 5.43 Å². The molecule has 6 heteroatoms. The minimum Gasteiger partial charge on any atom is -0.308 e. The third-order valence-corrected chi connectivity index (χ3v) is 2.85. The largest absolute Gasteiger partial charge is 0.308 e. The fourth-order valence-electron chi connectivity index (χ4n) is 1.88. The van der Waals surface area contributed by atoms with E-state index in [2.05, 4.69) is 20.5 Å². The maximum absolute atomic E-state index is 5.48. The highest BCUT2D eigenvalue weighted by Crippen LogP contribution is 2.19. The molecule has 0 aliphatic carbocycles. The standard InChI is InChI=1S/C14H14N6/c1-10-7-8-20(19-10)13-9-12(18-15)16-14(17-13)11-5-3-2-4-6-11/h2-9H,15H2,1H3,(H,16,17,18). The summed E-state index contributed by atoms with van der Waals surface area (Å²) in [5.41, 5.74) is 4.41. The lowest BCUT2D eigenvalue weighted by molar-refractivity contribution is 0.828. The number of hydrogen-bond donors (Lipinski definition) is 2. The van der Waals surface area contributed by atoms with Crippen molar-refractivity contribution in [3.8, 4) is 17.2 Å². The van der Waals surface area contributed by atoms with Crippen LogP contribution < -0.4 is 11.3 Å². The molecule has 20 heavy (non-hydrogen) atoms. The zero-order chi connectivity index (χ0) is 13.9. The van der Waals surface area contributed by atoms with Gasteiger partial charge in [-0.3, -0.25) is 0 Å². The topological polar surface area (TPSA) is 81.7 Å². The Labute approximate surface area is 116 Å². The van der Waals surface area contributed by atoms with Crippen molar-refractivity contribution in [3.63, 3.8) is 0 Å². The van der Waals surface area contributed by atoms with Crippen LogP contribution in [0.4, 0.5) is 5.82 Å². The normalized spacial score (nSPS) is 10.5. The van der Waals surface area contributed by atoms with Gasteiger partial charge in [0.15, 0.2) is 11.6 Å². The van der Waals surface area contributed by atoms with E-state index in [1.165, 1.54) is 0 Å². The SMILES string of the molecule is Cc1ccn(-c2cc(NN)nc(-c3ccccc3)n2)n1. The molecule has 0 unspecified atom stereocenters. The summed E-state index contributed by atoms with van der Waals surface area (Å²) in [4.78, 5) is 8.90. The minimum atomic E-state index is 0.544. The summed E-state index contributed by atoms with van der Waals surface area (Å²) in [5, 5.41) is 4.35. The first-order chi connectivity index (χ1) is 9.76. The molecule has 100 valence electrons. The van der Waals surface area contributed by atoms with Crippen molar-refractivity contribution >= 4 is 5.82 Å². The molecule has 0 atom stereocenters. The fourth-order valence-corrected chi connectivity index (χ4v) is 1.88. The van der Waals surface area contributed by atoms with Crippen LogP contribution in [0.5, 0.6) is 0 Å². The molecule has 0 bridgehead atoms. The molecule has 0 fully saturated rings. The number of nitrogen functional groups attached to an aromatic ring is 1. The number of hydrogen-bond acceptors (Lipinski definition) is 5. The van der Waals surface area contributed by atoms with Gasteiger partial charge in [0.1, 0.15) is 5.82 Å². The van der Waals surface area contributed by atoms with Gasteiger partial charge >= 0.3 is 0 Å². The Morgan fingerprint density at radius 1 is 1.10 bits per heavy atom. The predicted octanol–water partition coefficient (Wildman–Crippen LogP) is 1.92. The molecule has 0 aliphatic rings. The summed E-state index contributed by atoms with van der Waals surface area (Å²) in [5.74, 6) is 7.29. The third-order valence-electron chi connectivity index (χ3n) is 2.85. The zero-order valence-electron chi connectivity index (χ0n) is 11.0. The van der Waals surface area contributed by atoms with E-state index < -0.39 is 0 Å². The number of aromatic nitrogens is 4. The van der Waals surface area contributed by atoms with Crippen molar-refractivity contribution in [2.45, 2.75) is 6.92 Å². The number of nitrogens with zero attached hydrogens (tertiary/aromatic N) is 4. The maximum Gasteiger partial charge on any atom is 0.164 e. The number of benzene rings is 1. The lowest BCUT2D eigenvalue weighted by Crippen LogP contribution is -2.11. The Morgan fingerprint density at radius 3 is 2.55 bits per heavy atom. The highest BCUT2D eigenvalue weighted by molar-refractivity contribution is 5.58. The van der Waals surface area contributed by atoms with Crippen LogP contribution in [0.1, 0.15) is 5.69 Å². The molecule has 3 rings (SSSR count). The molecular weight excluding hydrogens is 252 g/mol. The van der Waals surface area contributed by atoms with Crippen LogP contribution in [0.25, 0.3) is 17.2 Å². The van der Waals surface area contributed by atoms with Crippen molar-refractivity contribution in [2.75, 3.05) is 5.43 Å². The van der Waals surface area contributed by atoms with Crippen molar-refractivity contribution in [1.29, 1.82) is 0 Å². The number of aryl methyl sites for hydroxylation is 1. The summed E-state index contributed by atoms with van der Waals surface area (Å²) < 4.78 is 1.70. The molecule has 2 aromatic heterocycles. The van der Waals surface area contributed by atoms with Gasteiger partial charge in [-0.25, -0.2) is 20.5 Å². The Bertz CT molecular complexity index is 720. The number of hydrazine groups is 1. The van der Waals surface area contributed by atoms with Crippen LogP contribution in [-0.2, 0) is 0 Å². The predicted molar refractivity (Wildman–Crippen MR) is 77.1 cm³/mol. The van der Waals surface area contributed by atoms with Gasteiger partial charge in [0.05, 0.1) is 5.69 Å². The molecular formula is C14H14N6. The van der Waals surface area contributed by atoms with Crippen molar-refractivity contribution < 1.29 is 0 Å². The minimum absolute atomic E-state index is 0.544. The second-order valence-corrected chi connectivity index (χ2v) is 4.35. The fraction of sp³-hybridized carbons (Fsp3) is 0.0714. The number of nitrogens with one attached hydrogen (secondary N) is 1. The van der Waals surface area contributed by atoms with Gasteiger partial charge in [-0.1, -0.05) is 30.3 Å². The van der Waals surface area contributed by atoms with Crippen LogP contribution in [0.15, 0.2) is 48.7 Å². The third kappa shape index (κ3) is 2.36. The Hall–Kier alpha value is -2.73. The van der Waals surface area contributed by atoms with E-state index in [0.29, 0.717) is 17.5 Å². The molecule has 3 aromatic rings. The summed E-state index contributed by atoms with van der Waals surface area (Å²) in [7, 11) is 0. The molecule has 6 nitrogen and oxygen atoms in total. The van der Waals surface area contributed by atoms with E-state index in [0.717, 1.165) is 11.3 Å². The van der Waals surface area contributed by atoms with E-state index in [9.17, 15) is 0 Å². The van der Waals surface area contributed by atoms with Gasteiger partial charge in [-0.05, 0) is 13.0 Å². The number of anilines is 1. The lowest BCUT2D eigenvalue weighted by atomic mass is 10.2. The van der Waals surface area contributed by atoms with Crippen LogP contribution in [0.3, 0.4) is 0 Å². The molecule has 0 radical (unpaired) electrons. The lowest BCUT2D eigenvalue weighted by Gasteiger charge is -2.07. The first-order valence-electron chi connectivity index (χ1n) is 6.20. The average Bonchev–Trinajstić information content (AvgIpc) is 2.94. The summed E-state index contributed by atoms with van der Waals surface area (Å²) in [6, 6.07) is 13.4. The average molecular weight is 266 g/mol. The molecule has 1 aromatic carbocycles. The quantitative estimate of drug-likeness (QED) is 0.559. The second kappa shape index (κ2) is 5.10. The number of rotatable bonds is 3. The van der Waals surface area contributed by atoms with Crippen molar-refractivity contribution in [2.24, 2.45) is 5.84 Å². The summed E-state index contributed by atoms with van der Waals surface area (Å²) in [6.45, 7) is 1.93. The van der Waals surface area contributed by atoms with Gasteiger partial charge in [0.2, 0.25) is 0 Å². The smallest absolute Gasteiger partial charge is 0.164 e. The van der Waals surface area contributed by atoms with E-state index in [1.54, 1.807) is 10.7 Å². The Morgan fingerprint density at radius 2 is 1.90 bits per heavy atom. The van der Waals surface area contributed by atoms with Gasteiger partial charge in [0.25, 0.3) is 0 Å². The van der Waals surface area contributed by atoms with E-state index >= 15 is 0 Å². The van der Waals surface area contributed by atoms with Crippen LogP contribution in [0.2, 0.25) is 0 Å². The molecule has 3 N–H and O–H groups in total. The molecule has 0 saturated carbocycles. The van der Waals surface area contributed by atoms with Gasteiger partial charge in [-0.2, -0.15) is 5.10 Å². The first kappa shape index (κ1) is 12.3. The summed E-state index contributed by atoms with van der Waals surface area (Å²) in [6.07, 6.45) is 1.85. The number of nitrogens with two attached hydrogens (primary N) is 1. The molecule has 0 saturated heterocycles. The van der Waals surface area contributed by atoms with Crippen molar-refractivity contribution in [1.82, 2.24) is 19.7 Å². The Kier molecular flexibility index (Phi) is 3.14. The van der Waals surface area contributed by atoms with E-state index in [1.807, 2.05) is 49.5 Å². The van der Waals surface area contributed by atoms with Crippen LogP contribution >= 0.6 is 0 Å². The molecule has 0 amide bonds. The summed E-state index contributed by atoms with van der Waals surface area (Å²) >= 11 is 0.